The zero-order valence-corrected chi connectivity index (χ0v) is 8.33. The lowest BCUT2D eigenvalue weighted by atomic mass is 10.4. The van der Waals surface area contributed by atoms with Crippen LogP contribution in [0, 0.1) is 5.92 Å². The Bertz CT molecular complexity index is 274. The van der Waals surface area contributed by atoms with Crippen LogP contribution in [0.3, 0.4) is 0 Å². The molecule has 2 atom stereocenters. The molecule has 0 aromatic rings. The summed E-state index contributed by atoms with van der Waals surface area (Å²) >= 11 is 0. The van der Waals surface area contributed by atoms with Gasteiger partial charge in [-0.1, -0.05) is 0 Å². The first-order chi connectivity index (χ1) is 6.12. The molecular formula is C8H15NO3S. The van der Waals surface area contributed by atoms with Crippen LogP contribution in [0.5, 0.6) is 0 Å². The lowest BCUT2D eigenvalue weighted by Gasteiger charge is -2.26. The first-order valence-electron chi connectivity index (χ1n) is 4.68. The van der Waals surface area contributed by atoms with Crippen LogP contribution >= 0.6 is 0 Å². The first-order valence-corrected chi connectivity index (χ1v) is 6.50. The van der Waals surface area contributed by atoms with E-state index >= 15 is 0 Å². The molecule has 4 nitrogen and oxygen atoms in total. The number of hydrogen-bond acceptors (Lipinski definition) is 4. The van der Waals surface area contributed by atoms with Gasteiger partial charge in [-0.15, -0.1) is 0 Å². The minimum Gasteiger partial charge on any atom is -0.396 e. The molecule has 2 aliphatic rings. The monoisotopic (exact) mass is 205 g/mol. The summed E-state index contributed by atoms with van der Waals surface area (Å²) in [7, 11) is -2.75. The van der Waals surface area contributed by atoms with E-state index in [-0.39, 0.29) is 6.61 Å². The molecule has 2 fully saturated rings. The minimum absolute atomic E-state index is 0.244. The van der Waals surface area contributed by atoms with Crippen molar-refractivity contribution in [1.82, 2.24) is 4.90 Å². The van der Waals surface area contributed by atoms with Gasteiger partial charge in [-0.3, -0.25) is 4.90 Å². The molecule has 1 saturated heterocycles. The van der Waals surface area contributed by atoms with Gasteiger partial charge in [-0.25, -0.2) is 8.42 Å². The van der Waals surface area contributed by atoms with Gasteiger partial charge in [0, 0.05) is 25.7 Å². The SMILES string of the molecule is O=S1(=O)CCN(C2CC2CO)CC1. The summed E-state index contributed by atoms with van der Waals surface area (Å²) in [6, 6.07) is 0.459. The van der Waals surface area contributed by atoms with Crippen molar-refractivity contribution < 1.29 is 13.5 Å². The smallest absolute Gasteiger partial charge is 0.152 e. The van der Waals surface area contributed by atoms with Crippen molar-refractivity contribution in [3.05, 3.63) is 0 Å². The van der Waals surface area contributed by atoms with Gasteiger partial charge >= 0.3 is 0 Å². The van der Waals surface area contributed by atoms with Crippen LogP contribution in [0.25, 0.3) is 0 Å². The van der Waals surface area contributed by atoms with Gasteiger partial charge in [0.05, 0.1) is 11.5 Å². The van der Waals surface area contributed by atoms with Crippen LogP contribution in [0.15, 0.2) is 0 Å². The molecule has 2 rings (SSSR count). The van der Waals surface area contributed by atoms with Gasteiger partial charge in [-0.2, -0.15) is 0 Å². The zero-order valence-electron chi connectivity index (χ0n) is 7.52. The Kier molecular flexibility index (Phi) is 2.33. The van der Waals surface area contributed by atoms with Crippen molar-refractivity contribution >= 4 is 9.84 Å². The minimum atomic E-state index is -2.75. The normalized spacial score (nSPS) is 38.8. The second-order valence-electron chi connectivity index (χ2n) is 3.93. The highest BCUT2D eigenvalue weighted by molar-refractivity contribution is 7.91. The van der Waals surface area contributed by atoms with Gasteiger partial charge < -0.3 is 5.11 Å². The van der Waals surface area contributed by atoms with Gasteiger partial charge in [0.15, 0.2) is 9.84 Å². The van der Waals surface area contributed by atoms with E-state index in [2.05, 4.69) is 4.90 Å². The Morgan fingerprint density at radius 2 is 1.92 bits per heavy atom. The average Bonchev–Trinajstić information content (AvgIpc) is 2.83. The number of sulfone groups is 1. The standard InChI is InChI=1S/C8H15NO3S/c10-6-7-5-8(7)9-1-3-13(11,12)4-2-9/h7-8,10H,1-6H2. The fourth-order valence-electron chi connectivity index (χ4n) is 1.93. The number of nitrogens with zero attached hydrogens (tertiary/aromatic N) is 1. The summed E-state index contributed by atoms with van der Waals surface area (Å²) in [5.74, 6) is 0.990. The molecule has 0 spiro atoms. The summed E-state index contributed by atoms with van der Waals surface area (Å²) < 4.78 is 22.2. The molecule has 1 N–H and O–H groups in total. The predicted octanol–water partition coefficient (Wildman–Crippen LogP) is -0.902. The lowest BCUT2D eigenvalue weighted by Crippen LogP contribution is -2.42. The van der Waals surface area contributed by atoms with Crippen LogP contribution in [0.2, 0.25) is 0 Å². The maximum absolute atomic E-state index is 11.1. The largest absolute Gasteiger partial charge is 0.396 e. The second kappa shape index (κ2) is 3.22. The first kappa shape index (κ1) is 9.43. The zero-order chi connectivity index (χ0) is 9.47. The third-order valence-electron chi connectivity index (χ3n) is 2.97. The molecule has 1 heterocycles. The van der Waals surface area contributed by atoms with E-state index in [1.54, 1.807) is 0 Å². The van der Waals surface area contributed by atoms with E-state index in [1.165, 1.54) is 0 Å². The van der Waals surface area contributed by atoms with Crippen LogP contribution in [0.4, 0.5) is 0 Å². The van der Waals surface area contributed by atoms with Crippen molar-refractivity contribution in [1.29, 1.82) is 0 Å². The highest BCUT2D eigenvalue weighted by Crippen LogP contribution is 2.35. The molecule has 0 aromatic heterocycles. The molecular weight excluding hydrogens is 190 g/mol. The van der Waals surface area contributed by atoms with E-state index in [4.69, 9.17) is 5.11 Å². The van der Waals surface area contributed by atoms with Gasteiger partial charge in [0.2, 0.25) is 0 Å². The van der Waals surface area contributed by atoms with E-state index in [0.717, 1.165) is 6.42 Å². The molecule has 0 amide bonds. The summed E-state index contributed by atoms with van der Waals surface area (Å²) in [6.07, 6.45) is 1.04. The Labute approximate surface area is 78.5 Å². The van der Waals surface area contributed by atoms with Crippen molar-refractivity contribution in [2.45, 2.75) is 12.5 Å². The van der Waals surface area contributed by atoms with Crippen LogP contribution in [-0.4, -0.2) is 55.7 Å². The quantitative estimate of drug-likeness (QED) is 0.634. The molecule has 1 aliphatic carbocycles. The van der Waals surface area contributed by atoms with Gasteiger partial charge in [0.25, 0.3) is 0 Å². The molecule has 0 aromatic carbocycles. The molecule has 13 heavy (non-hydrogen) atoms. The fourth-order valence-corrected chi connectivity index (χ4v) is 3.16. The van der Waals surface area contributed by atoms with E-state index < -0.39 is 9.84 Å². The third-order valence-corrected chi connectivity index (χ3v) is 4.58. The van der Waals surface area contributed by atoms with E-state index in [0.29, 0.717) is 36.6 Å². The molecule has 76 valence electrons. The maximum atomic E-state index is 11.1. The van der Waals surface area contributed by atoms with Crippen LogP contribution in [0.1, 0.15) is 6.42 Å². The molecule has 2 unspecified atom stereocenters. The highest BCUT2D eigenvalue weighted by atomic mass is 32.2. The van der Waals surface area contributed by atoms with E-state index in [9.17, 15) is 8.42 Å². The van der Waals surface area contributed by atoms with Gasteiger partial charge in [0.1, 0.15) is 0 Å². The Morgan fingerprint density at radius 1 is 1.31 bits per heavy atom. The number of aliphatic hydroxyl groups is 1. The highest BCUT2D eigenvalue weighted by Gasteiger charge is 2.42. The Hall–Kier alpha value is -0.130. The van der Waals surface area contributed by atoms with Crippen molar-refractivity contribution in [2.24, 2.45) is 5.92 Å². The summed E-state index contributed by atoms with van der Waals surface area (Å²) in [5.41, 5.74) is 0. The summed E-state index contributed by atoms with van der Waals surface area (Å²) in [6.45, 7) is 1.56. The number of hydrogen-bond donors (Lipinski definition) is 1. The van der Waals surface area contributed by atoms with Crippen molar-refractivity contribution in [2.75, 3.05) is 31.2 Å². The van der Waals surface area contributed by atoms with Crippen LogP contribution < -0.4 is 0 Å². The van der Waals surface area contributed by atoms with Crippen molar-refractivity contribution in [3.63, 3.8) is 0 Å². The predicted molar refractivity (Wildman–Crippen MR) is 49.2 cm³/mol. The fraction of sp³-hybridized carbons (Fsp3) is 1.00. The number of rotatable bonds is 2. The van der Waals surface area contributed by atoms with Crippen LogP contribution in [-0.2, 0) is 9.84 Å². The van der Waals surface area contributed by atoms with Gasteiger partial charge in [-0.05, 0) is 12.3 Å². The Morgan fingerprint density at radius 3 is 2.38 bits per heavy atom. The average molecular weight is 205 g/mol. The summed E-state index contributed by atoms with van der Waals surface area (Å²) in [5, 5.41) is 8.86. The molecule has 5 heteroatoms. The molecule has 1 saturated carbocycles. The molecule has 1 aliphatic heterocycles. The molecule has 0 bridgehead atoms. The second-order valence-corrected chi connectivity index (χ2v) is 6.24. The number of aliphatic hydroxyl groups excluding tert-OH is 1. The Balaban J connectivity index is 1.86. The van der Waals surface area contributed by atoms with E-state index in [1.807, 2.05) is 0 Å². The topological polar surface area (TPSA) is 57.6 Å². The molecule has 0 radical (unpaired) electrons. The summed E-state index contributed by atoms with van der Waals surface area (Å²) in [4.78, 5) is 2.20. The third kappa shape index (κ3) is 2.03. The van der Waals surface area contributed by atoms with Crippen molar-refractivity contribution in [3.8, 4) is 0 Å². The lowest BCUT2D eigenvalue weighted by molar-refractivity contribution is 0.225. The maximum Gasteiger partial charge on any atom is 0.152 e.